The summed E-state index contributed by atoms with van der Waals surface area (Å²) in [4.78, 5) is 6.65. The van der Waals surface area contributed by atoms with Crippen LogP contribution < -0.4 is 5.73 Å². The van der Waals surface area contributed by atoms with Crippen LogP contribution in [0.5, 0.6) is 0 Å². The van der Waals surface area contributed by atoms with Gasteiger partial charge in [0.15, 0.2) is 0 Å². The number of nitrogens with two attached hydrogens (primary N) is 1. The van der Waals surface area contributed by atoms with Crippen LogP contribution in [0.15, 0.2) is 24.4 Å². The van der Waals surface area contributed by atoms with E-state index in [2.05, 4.69) is 9.88 Å². The fourth-order valence-corrected chi connectivity index (χ4v) is 3.14. The Morgan fingerprint density at radius 1 is 1.33 bits per heavy atom. The van der Waals surface area contributed by atoms with Crippen molar-refractivity contribution < 1.29 is 4.39 Å². The van der Waals surface area contributed by atoms with Gasteiger partial charge in [0, 0.05) is 24.2 Å². The third-order valence-corrected chi connectivity index (χ3v) is 4.52. The summed E-state index contributed by atoms with van der Waals surface area (Å²) in [5, 5.41) is 1.43. The maximum absolute atomic E-state index is 13.5. The van der Waals surface area contributed by atoms with Gasteiger partial charge in [-0.25, -0.2) is 4.39 Å². The number of piperidine rings is 1. The Morgan fingerprint density at radius 2 is 2.10 bits per heavy atom. The third kappa shape index (κ3) is 3.34. The molecule has 2 aromatic rings. The van der Waals surface area contributed by atoms with Crippen molar-refractivity contribution in [3.05, 3.63) is 40.8 Å². The van der Waals surface area contributed by atoms with E-state index in [1.807, 2.05) is 0 Å². The van der Waals surface area contributed by atoms with Crippen LogP contribution >= 0.6 is 11.6 Å². The van der Waals surface area contributed by atoms with Crippen LogP contribution in [0.25, 0.3) is 10.9 Å². The lowest BCUT2D eigenvalue weighted by molar-refractivity contribution is 0.216. The Balaban J connectivity index is 1.79. The first kappa shape index (κ1) is 14.7. The van der Waals surface area contributed by atoms with Gasteiger partial charge in [0.2, 0.25) is 0 Å². The third-order valence-electron chi connectivity index (χ3n) is 4.20. The quantitative estimate of drug-likeness (QED) is 0.948. The lowest BCUT2D eigenvalue weighted by Gasteiger charge is -2.30. The fourth-order valence-electron chi connectivity index (χ4n) is 2.90. The molecule has 112 valence electrons. The van der Waals surface area contributed by atoms with Crippen LogP contribution in [0.4, 0.5) is 4.39 Å². The van der Waals surface area contributed by atoms with Crippen LogP contribution in [0.1, 0.15) is 18.4 Å². The van der Waals surface area contributed by atoms with Crippen molar-refractivity contribution in [1.29, 1.82) is 0 Å². The van der Waals surface area contributed by atoms with Crippen molar-refractivity contribution in [2.45, 2.75) is 25.3 Å². The number of rotatable bonds is 3. The minimum Gasteiger partial charge on any atom is -0.328 e. The standard InChI is InChI=1S/C16H19ClFN3/c17-15-10-20-16-2-1-11(18)9-14(16)13(15)5-8-21-6-3-12(19)4-7-21/h1-2,9-10,12H,3-8,19H2. The summed E-state index contributed by atoms with van der Waals surface area (Å²) in [5.41, 5.74) is 7.69. The molecule has 1 aromatic heterocycles. The maximum atomic E-state index is 13.5. The average Bonchev–Trinajstić information content (AvgIpc) is 2.48. The molecule has 3 rings (SSSR count). The highest BCUT2D eigenvalue weighted by Crippen LogP contribution is 2.26. The molecule has 0 bridgehead atoms. The van der Waals surface area contributed by atoms with E-state index in [1.54, 1.807) is 12.3 Å². The molecule has 0 amide bonds. The molecule has 0 aliphatic carbocycles. The smallest absolute Gasteiger partial charge is 0.123 e. The molecule has 0 spiro atoms. The lowest BCUT2D eigenvalue weighted by Crippen LogP contribution is -2.40. The molecule has 1 aromatic carbocycles. The molecule has 3 nitrogen and oxygen atoms in total. The number of aromatic nitrogens is 1. The second-order valence-electron chi connectivity index (χ2n) is 5.68. The number of fused-ring (bicyclic) bond motifs is 1. The van der Waals surface area contributed by atoms with Crippen molar-refractivity contribution in [3.8, 4) is 0 Å². The van der Waals surface area contributed by atoms with Crippen LogP contribution in [0.3, 0.4) is 0 Å². The van der Waals surface area contributed by atoms with E-state index >= 15 is 0 Å². The van der Waals surface area contributed by atoms with Gasteiger partial charge < -0.3 is 10.6 Å². The van der Waals surface area contributed by atoms with Gasteiger partial charge >= 0.3 is 0 Å². The predicted octanol–water partition coefficient (Wildman–Crippen LogP) is 2.99. The van der Waals surface area contributed by atoms with Gasteiger partial charge in [-0.15, -0.1) is 0 Å². The maximum Gasteiger partial charge on any atom is 0.123 e. The van der Waals surface area contributed by atoms with Crippen LogP contribution in [0.2, 0.25) is 5.02 Å². The van der Waals surface area contributed by atoms with Gasteiger partial charge in [-0.05, 0) is 56.1 Å². The molecule has 0 saturated carbocycles. The van der Waals surface area contributed by atoms with Gasteiger partial charge in [0.1, 0.15) is 5.82 Å². The zero-order chi connectivity index (χ0) is 14.8. The van der Waals surface area contributed by atoms with Crippen molar-refractivity contribution in [2.24, 2.45) is 5.73 Å². The fraction of sp³-hybridized carbons (Fsp3) is 0.438. The van der Waals surface area contributed by atoms with Crippen molar-refractivity contribution in [2.75, 3.05) is 19.6 Å². The first-order valence-corrected chi connectivity index (χ1v) is 7.72. The highest BCUT2D eigenvalue weighted by atomic mass is 35.5. The molecule has 1 aliphatic rings. The summed E-state index contributed by atoms with van der Waals surface area (Å²) in [6.07, 6.45) is 4.54. The zero-order valence-corrected chi connectivity index (χ0v) is 12.6. The number of nitrogens with zero attached hydrogens (tertiary/aromatic N) is 2. The predicted molar refractivity (Wildman–Crippen MR) is 84.1 cm³/mol. The topological polar surface area (TPSA) is 42.1 Å². The number of halogens is 2. The van der Waals surface area contributed by atoms with E-state index in [-0.39, 0.29) is 5.82 Å². The van der Waals surface area contributed by atoms with Gasteiger partial charge in [0.25, 0.3) is 0 Å². The van der Waals surface area contributed by atoms with Crippen LogP contribution in [0, 0.1) is 5.82 Å². The summed E-state index contributed by atoms with van der Waals surface area (Å²) >= 11 is 6.27. The van der Waals surface area contributed by atoms with E-state index in [1.165, 1.54) is 12.1 Å². The molecular weight excluding hydrogens is 289 g/mol. The number of hydrogen-bond acceptors (Lipinski definition) is 3. The molecule has 1 saturated heterocycles. The Morgan fingerprint density at radius 3 is 2.86 bits per heavy atom. The minimum absolute atomic E-state index is 0.253. The van der Waals surface area contributed by atoms with Gasteiger partial charge in [-0.2, -0.15) is 0 Å². The molecule has 1 aliphatic heterocycles. The number of likely N-dealkylation sites (tertiary alicyclic amines) is 1. The SMILES string of the molecule is NC1CCN(CCc2c(Cl)cnc3ccc(F)cc23)CC1. The summed E-state index contributed by atoms with van der Waals surface area (Å²) in [6, 6.07) is 4.99. The summed E-state index contributed by atoms with van der Waals surface area (Å²) in [7, 11) is 0. The van der Waals surface area contributed by atoms with Gasteiger partial charge in [0.05, 0.1) is 10.5 Å². The van der Waals surface area contributed by atoms with Crippen molar-refractivity contribution in [3.63, 3.8) is 0 Å². The van der Waals surface area contributed by atoms with E-state index in [4.69, 9.17) is 17.3 Å². The Bertz CT molecular complexity index is 633. The van der Waals surface area contributed by atoms with E-state index < -0.39 is 0 Å². The number of hydrogen-bond donors (Lipinski definition) is 1. The Labute approximate surface area is 128 Å². The molecule has 1 fully saturated rings. The molecule has 21 heavy (non-hydrogen) atoms. The number of pyridine rings is 1. The van der Waals surface area contributed by atoms with Gasteiger partial charge in [-0.1, -0.05) is 11.6 Å². The minimum atomic E-state index is -0.253. The van der Waals surface area contributed by atoms with E-state index in [9.17, 15) is 4.39 Å². The van der Waals surface area contributed by atoms with Crippen molar-refractivity contribution >= 4 is 22.5 Å². The van der Waals surface area contributed by atoms with E-state index in [0.29, 0.717) is 11.1 Å². The molecule has 2 heterocycles. The summed E-state index contributed by atoms with van der Waals surface area (Å²) < 4.78 is 13.5. The lowest BCUT2D eigenvalue weighted by atomic mass is 10.0. The first-order valence-electron chi connectivity index (χ1n) is 7.34. The van der Waals surface area contributed by atoms with Crippen LogP contribution in [-0.2, 0) is 6.42 Å². The molecule has 5 heteroatoms. The van der Waals surface area contributed by atoms with Crippen molar-refractivity contribution in [1.82, 2.24) is 9.88 Å². The highest BCUT2D eigenvalue weighted by Gasteiger charge is 2.17. The van der Waals surface area contributed by atoms with Crippen LogP contribution in [-0.4, -0.2) is 35.6 Å². The first-order chi connectivity index (χ1) is 10.1. The van der Waals surface area contributed by atoms with E-state index in [0.717, 1.165) is 55.4 Å². The monoisotopic (exact) mass is 307 g/mol. The molecule has 0 radical (unpaired) electrons. The largest absolute Gasteiger partial charge is 0.328 e. The summed E-state index contributed by atoms with van der Waals surface area (Å²) in [5.74, 6) is -0.253. The Hall–Kier alpha value is -1.23. The Kier molecular flexibility index (Phi) is 4.38. The second kappa shape index (κ2) is 6.26. The normalized spacial score (nSPS) is 17.5. The molecular formula is C16H19ClFN3. The summed E-state index contributed by atoms with van der Waals surface area (Å²) in [6.45, 7) is 2.97. The second-order valence-corrected chi connectivity index (χ2v) is 6.08. The highest BCUT2D eigenvalue weighted by molar-refractivity contribution is 6.32. The molecule has 0 unspecified atom stereocenters. The number of benzene rings is 1. The zero-order valence-electron chi connectivity index (χ0n) is 11.9. The molecule has 2 N–H and O–H groups in total. The molecule has 0 atom stereocenters. The average molecular weight is 308 g/mol. The van der Waals surface area contributed by atoms with Gasteiger partial charge in [-0.3, -0.25) is 4.98 Å².